The van der Waals surface area contributed by atoms with E-state index in [2.05, 4.69) is 77.7 Å². The zero-order valence-corrected chi connectivity index (χ0v) is 20.1. The van der Waals surface area contributed by atoms with Gasteiger partial charge in [-0.05, 0) is 74.0 Å². The Bertz CT molecular complexity index is 934. The van der Waals surface area contributed by atoms with Crippen molar-refractivity contribution in [3.63, 3.8) is 0 Å². The zero-order valence-electron chi connectivity index (χ0n) is 20.1. The van der Waals surface area contributed by atoms with Gasteiger partial charge in [-0.2, -0.15) is 0 Å². The van der Waals surface area contributed by atoms with E-state index >= 15 is 0 Å². The van der Waals surface area contributed by atoms with E-state index in [1.54, 1.807) is 14.2 Å². The fraction of sp³-hybridized carbons (Fsp3) is 0.400. The third-order valence-electron chi connectivity index (χ3n) is 7.02. The zero-order chi connectivity index (χ0) is 22.9. The minimum atomic E-state index is 0.448. The molecule has 3 aromatic rings. The van der Waals surface area contributed by atoms with E-state index in [4.69, 9.17) is 9.47 Å². The number of aryl methyl sites for hydroxylation is 1. The third-order valence-corrected chi connectivity index (χ3v) is 7.02. The van der Waals surface area contributed by atoms with Gasteiger partial charge in [0.05, 0.1) is 14.2 Å². The van der Waals surface area contributed by atoms with Crippen LogP contribution in [0.1, 0.15) is 54.7 Å². The standard InChI is InChI=1S/C30H37NO2/c1-32-29-19-18-24(22-30(29)33-2)12-11-21-31-20-10-9-17-27(31)23-28(25-13-5-3-6-14-25)26-15-7-4-8-16-26/h3-8,13-16,18-19,22,27-28H,9-12,17,20-21,23H2,1-2H3. The van der Waals surface area contributed by atoms with E-state index in [-0.39, 0.29) is 0 Å². The van der Waals surface area contributed by atoms with Crippen LogP contribution in [0.15, 0.2) is 78.9 Å². The number of ether oxygens (including phenoxy) is 2. The monoisotopic (exact) mass is 443 g/mol. The number of hydrogen-bond donors (Lipinski definition) is 0. The highest BCUT2D eigenvalue weighted by Crippen LogP contribution is 2.34. The van der Waals surface area contributed by atoms with Crippen LogP contribution in [0.4, 0.5) is 0 Å². The molecule has 1 fully saturated rings. The van der Waals surface area contributed by atoms with Gasteiger partial charge in [0.15, 0.2) is 11.5 Å². The minimum absolute atomic E-state index is 0.448. The maximum atomic E-state index is 5.48. The molecule has 0 N–H and O–H groups in total. The van der Waals surface area contributed by atoms with Crippen molar-refractivity contribution < 1.29 is 9.47 Å². The molecular weight excluding hydrogens is 406 g/mol. The lowest BCUT2D eigenvalue weighted by molar-refractivity contribution is 0.135. The maximum Gasteiger partial charge on any atom is 0.160 e. The Hall–Kier alpha value is -2.78. The van der Waals surface area contributed by atoms with E-state index in [1.807, 2.05) is 6.07 Å². The summed E-state index contributed by atoms with van der Waals surface area (Å²) in [5.41, 5.74) is 4.17. The minimum Gasteiger partial charge on any atom is -0.493 e. The van der Waals surface area contributed by atoms with E-state index in [0.717, 1.165) is 30.9 Å². The van der Waals surface area contributed by atoms with Gasteiger partial charge in [-0.3, -0.25) is 0 Å². The van der Waals surface area contributed by atoms with Gasteiger partial charge in [-0.1, -0.05) is 73.2 Å². The first-order chi connectivity index (χ1) is 16.3. The molecule has 3 nitrogen and oxygen atoms in total. The van der Waals surface area contributed by atoms with Crippen molar-refractivity contribution >= 4 is 0 Å². The summed E-state index contributed by atoms with van der Waals surface area (Å²) >= 11 is 0. The van der Waals surface area contributed by atoms with Gasteiger partial charge in [-0.25, -0.2) is 0 Å². The summed E-state index contributed by atoms with van der Waals surface area (Å²) in [5, 5.41) is 0. The van der Waals surface area contributed by atoms with Gasteiger partial charge in [0.2, 0.25) is 0 Å². The van der Waals surface area contributed by atoms with Gasteiger partial charge < -0.3 is 14.4 Å². The van der Waals surface area contributed by atoms with Crippen molar-refractivity contribution in [3.8, 4) is 11.5 Å². The summed E-state index contributed by atoms with van der Waals surface area (Å²) < 4.78 is 10.9. The van der Waals surface area contributed by atoms with Gasteiger partial charge >= 0.3 is 0 Å². The molecule has 1 aliphatic heterocycles. The molecule has 33 heavy (non-hydrogen) atoms. The van der Waals surface area contributed by atoms with E-state index in [9.17, 15) is 0 Å². The second-order valence-corrected chi connectivity index (χ2v) is 9.09. The largest absolute Gasteiger partial charge is 0.493 e. The predicted octanol–water partition coefficient (Wildman–Crippen LogP) is 6.71. The number of piperidine rings is 1. The van der Waals surface area contributed by atoms with Crippen LogP contribution in [-0.4, -0.2) is 38.3 Å². The quantitative estimate of drug-likeness (QED) is 0.347. The van der Waals surface area contributed by atoms with Crippen LogP contribution in [-0.2, 0) is 6.42 Å². The van der Waals surface area contributed by atoms with Gasteiger partial charge in [0.25, 0.3) is 0 Å². The van der Waals surface area contributed by atoms with Crippen LogP contribution in [0, 0.1) is 0 Å². The number of likely N-dealkylation sites (tertiary alicyclic amines) is 1. The van der Waals surface area contributed by atoms with E-state index in [1.165, 1.54) is 48.9 Å². The van der Waals surface area contributed by atoms with Crippen LogP contribution < -0.4 is 9.47 Å². The normalized spacial score (nSPS) is 16.6. The van der Waals surface area contributed by atoms with Crippen molar-refractivity contribution in [2.75, 3.05) is 27.3 Å². The first-order valence-electron chi connectivity index (χ1n) is 12.3. The van der Waals surface area contributed by atoms with Crippen LogP contribution in [0.3, 0.4) is 0 Å². The van der Waals surface area contributed by atoms with Gasteiger partial charge in [0, 0.05) is 12.0 Å². The number of hydrogen-bond acceptors (Lipinski definition) is 3. The molecule has 1 aliphatic rings. The Labute approximate surface area is 199 Å². The number of rotatable bonds is 10. The molecule has 1 saturated heterocycles. The van der Waals surface area contributed by atoms with Crippen molar-refractivity contribution in [2.45, 2.75) is 50.5 Å². The Kier molecular flexibility index (Phi) is 8.43. The Morgan fingerprint density at radius 3 is 2.12 bits per heavy atom. The summed E-state index contributed by atoms with van der Waals surface area (Å²) in [4.78, 5) is 2.75. The molecule has 0 amide bonds. The smallest absolute Gasteiger partial charge is 0.160 e. The van der Waals surface area contributed by atoms with Crippen molar-refractivity contribution in [1.29, 1.82) is 0 Å². The summed E-state index contributed by atoms with van der Waals surface area (Å²) in [6.45, 7) is 2.36. The Morgan fingerprint density at radius 1 is 0.818 bits per heavy atom. The molecule has 4 rings (SSSR count). The highest BCUT2D eigenvalue weighted by Gasteiger charge is 2.26. The molecule has 1 unspecified atom stereocenters. The molecule has 3 aromatic carbocycles. The number of benzene rings is 3. The van der Waals surface area contributed by atoms with Crippen molar-refractivity contribution in [2.24, 2.45) is 0 Å². The number of nitrogens with zero attached hydrogens (tertiary/aromatic N) is 1. The Balaban J connectivity index is 1.42. The van der Waals surface area contributed by atoms with Crippen LogP contribution in [0.5, 0.6) is 11.5 Å². The van der Waals surface area contributed by atoms with Crippen molar-refractivity contribution in [1.82, 2.24) is 4.90 Å². The molecule has 0 aliphatic carbocycles. The van der Waals surface area contributed by atoms with Crippen molar-refractivity contribution in [3.05, 3.63) is 95.6 Å². The molecular formula is C30H37NO2. The highest BCUT2D eigenvalue weighted by molar-refractivity contribution is 5.43. The summed E-state index contributed by atoms with van der Waals surface area (Å²) in [5.74, 6) is 2.06. The summed E-state index contributed by atoms with van der Waals surface area (Å²) in [6, 6.07) is 29.0. The van der Waals surface area contributed by atoms with E-state index < -0.39 is 0 Å². The van der Waals surface area contributed by atoms with Crippen LogP contribution >= 0.6 is 0 Å². The average molecular weight is 444 g/mol. The second-order valence-electron chi connectivity index (χ2n) is 9.09. The molecule has 0 saturated carbocycles. The first-order valence-corrected chi connectivity index (χ1v) is 12.3. The predicted molar refractivity (Wildman–Crippen MR) is 136 cm³/mol. The fourth-order valence-electron chi connectivity index (χ4n) is 5.25. The van der Waals surface area contributed by atoms with Gasteiger partial charge in [-0.15, -0.1) is 0 Å². The van der Waals surface area contributed by atoms with Gasteiger partial charge in [0.1, 0.15) is 0 Å². The molecule has 0 spiro atoms. The molecule has 0 bridgehead atoms. The molecule has 1 atom stereocenters. The molecule has 174 valence electrons. The topological polar surface area (TPSA) is 21.7 Å². The maximum absolute atomic E-state index is 5.48. The second kappa shape index (κ2) is 11.9. The average Bonchev–Trinajstić information content (AvgIpc) is 2.89. The molecule has 3 heteroatoms. The third kappa shape index (κ3) is 6.17. The molecule has 0 aromatic heterocycles. The number of methoxy groups -OCH3 is 2. The lowest BCUT2D eigenvalue weighted by Gasteiger charge is -2.38. The lowest BCUT2D eigenvalue weighted by Crippen LogP contribution is -2.41. The highest BCUT2D eigenvalue weighted by atomic mass is 16.5. The Morgan fingerprint density at radius 2 is 1.48 bits per heavy atom. The van der Waals surface area contributed by atoms with E-state index in [0.29, 0.717) is 12.0 Å². The fourth-order valence-corrected chi connectivity index (χ4v) is 5.25. The van der Waals surface area contributed by atoms with Crippen LogP contribution in [0.2, 0.25) is 0 Å². The molecule has 1 heterocycles. The lowest BCUT2D eigenvalue weighted by atomic mass is 9.83. The van der Waals surface area contributed by atoms with Crippen LogP contribution in [0.25, 0.3) is 0 Å². The first kappa shape index (κ1) is 23.4. The summed E-state index contributed by atoms with van der Waals surface area (Å²) in [6.07, 6.45) is 7.36. The summed E-state index contributed by atoms with van der Waals surface area (Å²) in [7, 11) is 3.39. The SMILES string of the molecule is COc1ccc(CCCN2CCCCC2CC(c2ccccc2)c2ccccc2)cc1OC. The molecule has 0 radical (unpaired) electrons.